The summed E-state index contributed by atoms with van der Waals surface area (Å²) in [5.74, 6) is 0. The first-order chi connectivity index (χ1) is 7.31. The number of benzene rings is 2. The van der Waals surface area contributed by atoms with Crippen LogP contribution in [0.2, 0.25) is 0 Å². The predicted molar refractivity (Wildman–Crippen MR) is 64.0 cm³/mol. The minimum Gasteiger partial charge on any atom is -0.377 e. The number of aryl methyl sites for hydroxylation is 1. The van der Waals surface area contributed by atoms with E-state index >= 15 is 0 Å². The van der Waals surface area contributed by atoms with Gasteiger partial charge in [-0.15, -0.1) is 0 Å². The maximum absolute atomic E-state index is 5.40. The average molecular weight is 200 g/mol. The smallest absolute Gasteiger partial charge is 0.0716 e. The van der Waals surface area contributed by atoms with Crippen molar-refractivity contribution in [3.63, 3.8) is 0 Å². The van der Waals surface area contributed by atoms with Gasteiger partial charge in [-0.05, 0) is 41.8 Å². The van der Waals surface area contributed by atoms with Crippen LogP contribution in [-0.4, -0.2) is 6.61 Å². The van der Waals surface area contributed by atoms with Gasteiger partial charge >= 0.3 is 0 Å². The van der Waals surface area contributed by atoms with Crippen molar-refractivity contribution in [2.24, 2.45) is 0 Å². The van der Waals surface area contributed by atoms with Crippen LogP contribution in [0, 0.1) is 6.92 Å². The van der Waals surface area contributed by atoms with Gasteiger partial charge in [-0.2, -0.15) is 0 Å². The summed E-state index contributed by atoms with van der Waals surface area (Å²) in [5, 5.41) is 2.63. The van der Waals surface area contributed by atoms with E-state index in [1.165, 1.54) is 21.9 Å². The zero-order valence-corrected chi connectivity index (χ0v) is 9.29. The van der Waals surface area contributed by atoms with Crippen LogP contribution in [0.4, 0.5) is 0 Å². The van der Waals surface area contributed by atoms with Gasteiger partial charge in [0.2, 0.25) is 0 Å². The van der Waals surface area contributed by atoms with Crippen LogP contribution in [0.25, 0.3) is 10.8 Å². The Balaban J connectivity index is 2.39. The molecule has 0 radical (unpaired) electrons. The van der Waals surface area contributed by atoms with E-state index in [0.29, 0.717) is 6.61 Å². The highest BCUT2D eigenvalue weighted by Crippen LogP contribution is 2.19. The molecule has 0 spiro atoms. The number of hydrogen-bond donors (Lipinski definition) is 0. The van der Waals surface area contributed by atoms with Crippen LogP contribution in [0.3, 0.4) is 0 Å². The highest BCUT2D eigenvalue weighted by atomic mass is 16.5. The van der Waals surface area contributed by atoms with Crippen LogP contribution in [0.15, 0.2) is 36.4 Å². The minimum absolute atomic E-state index is 0.709. The van der Waals surface area contributed by atoms with Crippen molar-refractivity contribution < 1.29 is 4.74 Å². The normalized spacial score (nSPS) is 10.8. The van der Waals surface area contributed by atoms with E-state index in [1.54, 1.807) is 0 Å². The van der Waals surface area contributed by atoms with Gasteiger partial charge in [0.05, 0.1) is 6.61 Å². The van der Waals surface area contributed by atoms with Crippen molar-refractivity contribution >= 4 is 10.8 Å². The maximum Gasteiger partial charge on any atom is 0.0716 e. The summed E-state index contributed by atoms with van der Waals surface area (Å²) in [6.45, 7) is 5.64. The van der Waals surface area contributed by atoms with E-state index in [1.807, 2.05) is 6.92 Å². The molecule has 1 heteroatoms. The highest BCUT2D eigenvalue weighted by molar-refractivity contribution is 5.86. The third-order valence-electron chi connectivity index (χ3n) is 2.64. The average Bonchev–Trinajstić information content (AvgIpc) is 2.26. The molecule has 0 saturated carbocycles. The number of ether oxygens (including phenoxy) is 1. The van der Waals surface area contributed by atoms with E-state index in [0.717, 1.165) is 6.61 Å². The monoisotopic (exact) mass is 200 g/mol. The van der Waals surface area contributed by atoms with Gasteiger partial charge < -0.3 is 4.74 Å². The van der Waals surface area contributed by atoms with Gasteiger partial charge in [-0.25, -0.2) is 0 Å². The molecule has 0 heterocycles. The van der Waals surface area contributed by atoms with Crippen molar-refractivity contribution in [3.8, 4) is 0 Å². The van der Waals surface area contributed by atoms with Gasteiger partial charge in [-0.3, -0.25) is 0 Å². The topological polar surface area (TPSA) is 9.23 Å². The lowest BCUT2D eigenvalue weighted by Crippen LogP contribution is -1.91. The van der Waals surface area contributed by atoms with Gasteiger partial charge in [0.1, 0.15) is 0 Å². The third-order valence-corrected chi connectivity index (χ3v) is 2.64. The van der Waals surface area contributed by atoms with E-state index in [9.17, 15) is 0 Å². The zero-order valence-electron chi connectivity index (χ0n) is 9.29. The Morgan fingerprint density at radius 2 is 2.00 bits per heavy atom. The Hall–Kier alpha value is -1.34. The first-order valence-electron chi connectivity index (χ1n) is 5.37. The number of fused-ring (bicyclic) bond motifs is 1. The predicted octanol–water partition coefficient (Wildman–Crippen LogP) is 3.68. The van der Waals surface area contributed by atoms with Crippen molar-refractivity contribution in [1.29, 1.82) is 0 Å². The van der Waals surface area contributed by atoms with Crippen LogP contribution in [0.1, 0.15) is 18.1 Å². The van der Waals surface area contributed by atoms with Crippen molar-refractivity contribution in [3.05, 3.63) is 47.5 Å². The van der Waals surface area contributed by atoms with Gasteiger partial charge in [0.25, 0.3) is 0 Å². The Morgan fingerprint density at radius 1 is 1.13 bits per heavy atom. The van der Waals surface area contributed by atoms with E-state index in [4.69, 9.17) is 4.74 Å². The summed E-state index contributed by atoms with van der Waals surface area (Å²) in [7, 11) is 0. The molecular formula is C14H16O. The molecule has 0 N–H and O–H groups in total. The lowest BCUT2D eigenvalue weighted by atomic mass is 10.0. The summed E-state index contributed by atoms with van der Waals surface area (Å²) in [6.07, 6.45) is 0. The fourth-order valence-corrected chi connectivity index (χ4v) is 1.80. The minimum atomic E-state index is 0.709. The molecule has 0 aliphatic heterocycles. The van der Waals surface area contributed by atoms with Crippen LogP contribution in [0.5, 0.6) is 0 Å². The summed E-state index contributed by atoms with van der Waals surface area (Å²) in [4.78, 5) is 0. The molecule has 0 aromatic heterocycles. The molecule has 0 unspecified atom stereocenters. The second-order valence-electron chi connectivity index (χ2n) is 3.77. The highest BCUT2D eigenvalue weighted by Gasteiger charge is 1.98. The van der Waals surface area contributed by atoms with E-state index in [-0.39, 0.29) is 0 Å². The molecule has 0 aliphatic carbocycles. The molecule has 2 aromatic carbocycles. The number of rotatable bonds is 3. The summed E-state index contributed by atoms with van der Waals surface area (Å²) in [5.41, 5.74) is 2.57. The first-order valence-corrected chi connectivity index (χ1v) is 5.37. The summed E-state index contributed by atoms with van der Waals surface area (Å²) in [6, 6.07) is 12.9. The molecule has 15 heavy (non-hydrogen) atoms. The van der Waals surface area contributed by atoms with Crippen molar-refractivity contribution in [2.75, 3.05) is 6.61 Å². The lowest BCUT2D eigenvalue weighted by molar-refractivity contribution is 0.134. The fraction of sp³-hybridized carbons (Fsp3) is 0.286. The summed E-state index contributed by atoms with van der Waals surface area (Å²) >= 11 is 0. The second kappa shape index (κ2) is 4.45. The van der Waals surface area contributed by atoms with Gasteiger partial charge in [-0.1, -0.05) is 30.3 Å². The molecule has 0 fully saturated rings. The first kappa shape index (κ1) is 10.2. The molecule has 0 aliphatic rings. The van der Waals surface area contributed by atoms with Crippen molar-refractivity contribution in [2.45, 2.75) is 20.5 Å². The van der Waals surface area contributed by atoms with Crippen molar-refractivity contribution in [1.82, 2.24) is 0 Å². The van der Waals surface area contributed by atoms with Gasteiger partial charge in [0.15, 0.2) is 0 Å². The molecule has 0 atom stereocenters. The lowest BCUT2D eigenvalue weighted by Gasteiger charge is -2.05. The van der Waals surface area contributed by atoms with Crippen LogP contribution < -0.4 is 0 Å². The zero-order chi connectivity index (χ0) is 10.7. The largest absolute Gasteiger partial charge is 0.377 e. The van der Waals surface area contributed by atoms with Gasteiger partial charge in [0, 0.05) is 6.61 Å². The summed E-state index contributed by atoms with van der Waals surface area (Å²) < 4.78 is 5.40. The number of hydrogen-bond acceptors (Lipinski definition) is 1. The SMILES string of the molecule is CCOCc1ccc2c(C)cccc2c1. The fourth-order valence-electron chi connectivity index (χ4n) is 1.80. The van der Waals surface area contributed by atoms with E-state index in [2.05, 4.69) is 43.3 Å². The molecule has 0 saturated heterocycles. The molecule has 2 rings (SSSR count). The standard InChI is InChI=1S/C14H16O/c1-3-15-10-12-7-8-14-11(2)5-4-6-13(14)9-12/h4-9H,3,10H2,1-2H3. The third kappa shape index (κ3) is 2.18. The molecule has 1 nitrogen and oxygen atoms in total. The molecule has 0 amide bonds. The Kier molecular flexibility index (Phi) is 3.02. The molecule has 0 bridgehead atoms. The Morgan fingerprint density at radius 3 is 2.80 bits per heavy atom. The molecule has 2 aromatic rings. The molecule has 78 valence electrons. The second-order valence-corrected chi connectivity index (χ2v) is 3.77. The quantitative estimate of drug-likeness (QED) is 0.734. The molecular weight excluding hydrogens is 184 g/mol. The Bertz CT molecular complexity index is 460. The van der Waals surface area contributed by atoms with Crippen LogP contribution in [-0.2, 0) is 11.3 Å². The van der Waals surface area contributed by atoms with Crippen LogP contribution >= 0.6 is 0 Å². The maximum atomic E-state index is 5.40. The van der Waals surface area contributed by atoms with E-state index < -0.39 is 0 Å². The Labute approximate surface area is 90.7 Å².